The van der Waals surface area contributed by atoms with Crippen LogP contribution in [0.3, 0.4) is 0 Å². The fourth-order valence-electron chi connectivity index (χ4n) is 1.43. The molecule has 1 amide bonds. The Hall–Kier alpha value is -1.78. The van der Waals surface area contributed by atoms with Crippen molar-refractivity contribution in [2.45, 2.75) is 0 Å². The van der Waals surface area contributed by atoms with Crippen LogP contribution in [0.25, 0.3) is 0 Å². The molecule has 0 unspecified atom stereocenters. The number of amides is 1. The van der Waals surface area contributed by atoms with Crippen LogP contribution in [0.15, 0.2) is 36.5 Å². The van der Waals surface area contributed by atoms with Gasteiger partial charge in [-0.1, -0.05) is 23.2 Å². The Morgan fingerprint density at radius 3 is 2.53 bits per heavy atom. The molecule has 6 heteroatoms. The third-order valence-electron chi connectivity index (χ3n) is 2.39. The summed E-state index contributed by atoms with van der Waals surface area (Å²) < 4.78 is 5.02. The minimum absolute atomic E-state index is 0.270. The third kappa shape index (κ3) is 3.36. The summed E-state index contributed by atoms with van der Waals surface area (Å²) in [6.07, 6.45) is 1.41. The molecular weight excluding hydrogens is 287 g/mol. The molecule has 0 aliphatic carbocycles. The normalized spacial score (nSPS) is 10.1. The molecule has 0 atom stereocenters. The Labute approximate surface area is 120 Å². The molecule has 19 heavy (non-hydrogen) atoms. The van der Waals surface area contributed by atoms with Crippen molar-refractivity contribution in [2.24, 2.45) is 0 Å². The van der Waals surface area contributed by atoms with Gasteiger partial charge in [-0.3, -0.25) is 4.79 Å². The molecule has 4 nitrogen and oxygen atoms in total. The number of carbonyl (C=O) groups is 1. The van der Waals surface area contributed by atoms with E-state index < -0.39 is 0 Å². The number of halogens is 2. The lowest BCUT2D eigenvalue weighted by atomic mass is 10.2. The Kier molecular flexibility index (Phi) is 4.24. The minimum atomic E-state index is -0.306. The SMILES string of the molecule is COc1ccc(C(=O)Nc2ncc(Cl)cc2Cl)cc1. The van der Waals surface area contributed by atoms with Gasteiger partial charge in [0.05, 0.1) is 17.2 Å². The number of pyridine rings is 1. The molecule has 1 aromatic heterocycles. The van der Waals surface area contributed by atoms with Gasteiger partial charge in [0.2, 0.25) is 0 Å². The molecule has 0 bridgehead atoms. The Morgan fingerprint density at radius 2 is 1.95 bits per heavy atom. The smallest absolute Gasteiger partial charge is 0.256 e. The zero-order chi connectivity index (χ0) is 13.8. The standard InChI is InChI=1S/C13H10Cl2N2O2/c1-19-10-4-2-8(3-5-10)13(18)17-12-11(15)6-9(14)7-16-12/h2-7H,1H3,(H,16,17,18). The molecule has 2 aromatic rings. The molecule has 1 aromatic carbocycles. The number of ether oxygens (including phenoxy) is 1. The second-order valence-electron chi connectivity index (χ2n) is 3.67. The van der Waals surface area contributed by atoms with Crippen LogP contribution in [0.1, 0.15) is 10.4 Å². The highest BCUT2D eigenvalue weighted by molar-refractivity contribution is 6.36. The van der Waals surface area contributed by atoms with E-state index in [0.717, 1.165) is 0 Å². The Bertz CT molecular complexity index is 600. The van der Waals surface area contributed by atoms with Gasteiger partial charge in [0.1, 0.15) is 5.75 Å². The number of nitrogens with one attached hydrogen (secondary N) is 1. The minimum Gasteiger partial charge on any atom is -0.497 e. The van der Waals surface area contributed by atoms with Gasteiger partial charge >= 0.3 is 0 Å². The first-order valence-corrected chi connectivity index (χ1v) is 6.12. The molecule has 0 aliphatic heterocycles. The number of carbonyl (C=O) groups excluding carboxylic acids is 1. The third-order valence-corrected chi connectivity index (χ3v) is 2.89. The van der Waals surface area contributed by atoms with Crippen LogP contribution in [0.2, 0.25) is 10.0 Å². The van der Waals surface area contributed by atoms with Crippen molar-refractivity contribution < 1.29 is 9.53 Å². The van der Waals surface area contributed by atoms with Gasteiger partial charge in [0.15, 0.2) is 5.82 Å². The van der Waals surface area contributed by atoms with E-state index in [1.54, 1.807) is 31.4 Å². The van der Waals surface area contributed by atoms with Crippen LogP contribution in [0, 0.1) is 0 Å². The predicted octanol–water partition coefficient (Wildman–Crippen LogP) is 3.65. The molecular formula is C13H10Cl2N2O2. The molecule has 0 saturated carbocycles. The molecule has 0 aliphatic rings. The van der Waals surface area contributed by atoms with E-state index in [1.165, 1.54) is 12.3 Å². The van der Waals surface area contributed by atoms with Gasteiger partial charge in [0.25, 0.3) is 5.91 Å². The topological polar surface area (TPSA) is 51.2 Å². The average molecular weight is 297 g/mol. The van der Waals surface area contributed by atoms with Crippen LogP contribution in [-0.4, -0.2) is 18.0 Å². The Morgan fingerprint density at radius 1 is 1.26 bits per heavy atom. The molecule has 98 valence electrons. The van der Waals surface area contributed by atoms with Crippen LogP contribution in [0.5, 0.6) is 5.75 Å². The van der Waals surface area contributed by atoms with E-state index in [-0.39, 0.29) is 16.7 Å². The Balaban J connectivity index is 2.15. The predicted molar refractivity (Wildman–Crippen MR) is 75.2 cm³/mol. The lowest BCUT2D eigenvalue weighted by Gasteiger charge is -2.07. The fraction of sp³-hybridized carbons (Fsp3) is 0.0769. The molecule has 0 fully saturated rings. The maximum Gasteiger partial charge on any atom is 0.256 e. The highest BCUT2D eigenvalue weighted by atomic mass is 35.5. The van der Waals surface area contributed by atoms with Crippen LogP contribution < -0.4 is 10.1 Å². The maximum absolute atomic E-state index is 12.0. The quantitative estimate of drug-likeness (QED) is 0.940. The summed E-state index contributed by atoms with van der Waals surface area (Å²) in [5, 5.41) is 3.31. The first-order chi connectivity index (χ1) is 9.10. The molecule has 2 rings (SSSR count). The van der Waals surface area contributed by atoms with Crippen LogP contribution in [-0.2, 0) is 0 Å². The van der Waals surface area contributed by atoms with Crippen molar-refractivity contribution in [2.75, 3.05) is 12.4 Å². The highest BCUT2D eigenvalue weighted by Crippen LogP contribution is 2.23. The van der Waals surface area contributed by atoms with E-state index in [2.05, 4.69) is 10.3 Å². The molecule has 1 N–H and O–H groups in total. The van der Waals surface area contributed by atoms with Gasteiger partial charge < -0.3 is 10.1 Å². The van der Waals surface area contributed by atoms with E-state index in [4.69, 9.17) is 27.9 Å². The summed E-state index contributed by atoms with van der Waals surface area (Å²) in [6, 6.07) is 8.22. The fourth-order valence-corrected chi connectivity index (χ4v) is 1.86. The van der Waals surface area contributed by atoms with Crippen molar-refractivity contribution in [3.63, 3.8) is 0 Å². The van der Waals surface area contributed by atoms with Crippen LogP contribution >= 0.6 is 23.2 Å². The summed E-state index contributed by atoms with van der Waals surface area (Å²) in [5.74, 6) is 0.644. The number of methoxy groups -OCH3 is 1. The van der Waals surface area contributed by atoms with Crippen molar-refractivity contribution >= 4 is 34.9 Å². The highest BCUT2D eigenvalue weighted by Gasteiger charge is 2.10. The number of benzene rings is 1. The van der Waals surface area contributed by atoms with Crippen LogP contribution in [0.4, 0.5) is 5.82 Å². The second-order valence-corrected chi connectivity index (χ2v) is 4.51. The van der Waals surface area contributed by atoms with Gasteiger partial charge in [0, 0.05) is 11.8 Å². The van der Waals surface area contributed by atoms with Gasteiger partial charge in [-0.2, -0.15) is 0 Å². The molecule has 1 heterocycles. The summed E-state index contributed by atoms with van der Waals surface area (Å²) in [5.41, 5.74) is 0.480. The average Bonchev–Trinajstić information content (AvgIpc) is 2.42. The van der Waals surface area contributed by atoms with Gasteiger partial charge in [-0.15, -0.1) is 0 Å². The first-order valence-electron chi connectivity index (χ1n) is 5.36. The number of aromatic nitrogens is 1. The summed E-state index contributed by atoms with van der Waals surface area (Å²) >= 11 is 11.7. The number of hydrogen-bond donors (Lipinski definition) is 1. The lowest BCUT2D eigenvalue weighted by molar-refractivity contribution is 0.102. The summed E-state index contributed by atoms with van der Waals surface area (Å²) in [7, 11) is 1.56. The molecule has 0 saturated heterocycles. The zero-order valence-corrected chi connectivity index (χ0v) is 11.5. The summed E-state index contributed by atoms with van der Waals surface area (Å²) in [6.45, 7) is 0. The van der Waals surface area contributed by atoms with Gasteiger partial charge in [-0.05, 0) is 30.3 Å². The zero-order valence-electron chi connectivity index (χ0n) is 9.98. The van der Waals surface area contributed by atoms with Gasteiger partial charge in [-0.25, -0.2) is 4.98 Å². The van der Waals surface area contributed by atoms with E-state index in [0.29, 0.717) is 16.3 Å². The monoisotopic (exact) mass is 296 g/mol. The lowest BCUT2D eigenvalue weighted by Crippen LogP contribution is -2.13. The number of anilines is 1. The van der Waals surface area contributed by atoms with E-state index >= 15 is 0 Å². The van der Waals surface area contributed by atoms with E-state index in [1.807, 2.05) is 0 Å². The molecule has 0 spiro atoms. The van der Waals surface area contributed by atoms with E-state index in [9.17, 15) is 4.79 Å². The largest absolute Gasteiger partial charge is 0.497 e. The molecule has 0 radical (unpaired) electrons. The second kappa shape index (κ2) is 5.91. The number of rotatable bonds is 3. The maximum atomic E-state index is 12.0. The van der Waals surface area contributed by atoms with Crippen molar-refractivity contribution in [1.29, 1.82) is 0 Å². The summed E-state index contributed by atoms with van der Waals surface area (Å²) in [4.78, 5) is 15.9. The first kappa shape index (κ1) is 13.6. The number of hydrogen-bond acceptors (Lipinski definition) is 3. The van der Waals surface area contributed by atoms with Crippen molar-refractivity contribution in [3.8, 4) is 5.75 Å². The van der Waals surface area contributed by atoms with Crippen molar-refractivity contribution in [3.05, 3.63) is 52.1 Å². The van der Waals surface area contributed by atoms with Crippen molar-refractivity contribution in [1.82, 2.24) is 4.98 Å². The number of nitrogens with zero attached hydrogens (tertiary/aromatic N) is 1.